The minimum absolute atomic E-state index is 0.146. The molecule has 0 N–H and O–H groups in total. The average molecular weight is 515 g/mol. The number of halogens is 4. The number of carbonyl (C=O) groups is 1. The van der Waals surface area contributed by atoms with Crippen LogP contribution >= 0.6 is 22.9 Å². The summed E-state index contributed by atoms with van der Waals surface area (Å²) in [4.78, 5) is 16.8. The van der Waals surface area contributed by atoms with Crippen LogP contribution in [0.3, 0.4) is 0 Å². The quantitative estimate of drug-likeness (QED) is 0.159. The Labute approximate surface area is 206 Å². The molecular formula is C25H14ClF3N2O3S. The predicted molar refractivity (Wildman–Crippen MR) is 128 cm³/mol. The largest absolute Gasteiger partial charge is 0.493 e. The van der Waals surface area contributed by atoms with Crippen LogP contribution in [0.5, 0.6) is 11.5 Å². The first-order valence-electron chi connectivity index (χ1n) is 9.94. The third kappa shape index (κ3) is 5.29. The van der Waals surface area contributed by atoms with Gasteiger partial charge in [0.05, 0.1) is 39.0 Å². The second-order valence-electron chi connectivity index (χ2n) is 7.15. The Morgan fingerprint density at radius 2 is 1.89 bits per heavy atom. The maximum Gasteiger partial charge on any atom is 0.416 e. The fourth-order valence-corrected chi connectivity index (χ4v) is 4.35. The Morgan fingerprint density at radius 3 is 2.57 bits per heavy atom. The minimum Gasteiger partial charge on any atom is -0.493 e. The van der Waals surface area contributed by atoms with E-state index in [4.69, 9.17) is 21.1 Å². The zero-order valence-corrected chi connectivity index (χ0v) is 19.5. The molecule has 0 aliphatic carbocycles. The van der Waals surface area contributed by atoms with Crippen LogP contribution in [-0.4, -0.2) is 18.1 Å². The number of ether oxygens (including phenoxy) is 2. The van der Waals surface area contributed by atoms with E-state index in [0.717, 1.165) is 23.5 Å². The molecule has 0 bridgehead atoms. The molecule has 35 heavy (non-hydrogen) atoms. The van der Waals surface area contributed by atoms with Gasteiger partial charge in [-0.05, 0) is 54.1 Å². The molecule has 0 saturated heterocycles. The molecule has 0 fully saturated rings. The Hall–Kier alpha value is -3.87. The van der Waals surface area contributed by atoms with Gasteiger partial charge in [-0.15, -0.1) is 11.3 Å². The molecule has 4 aromatic rings. The van der Waals surface area contributed by atoms with E-state index in [1.54, 1.807) is 30.3 Å². The van der Waals surface area contributed by atoms with Gasteiger partial charge >= 0.3 is 12.1 Å². The van der Waals surface area contributed by atoms with Gasteiger partial charge in [-0.2, -0.15) is 18.4 Å². The van der Waals surface area contributed by atoms with Gasteiger partial charge in [-0.3, -0.25) is 0 Å². The minimum atomic E-state index is -4.47. The molecule has 4 rings (SSSR count). The van der Waals surface area contributed by atoms with E-state index in [2.05, 4.69) is 4.98 Å². The van der Waals surface area contributed by atoms with Crippen LogP contribution in [0.2, 0.25) is 5.02 Å². The normalized spacial score (nSPS) is 11.8. The first-order valence-corrected chi connectivity index (χ1v) is 11.1. The maximum absolute atomic E-state index is 13.0. The van der Waals surface area contributed by atoms with Gasteiger partial charge in [-0.1, -0.05) is 29.8 Å². The number of nitrogens with zero attached hydrogens (tertiary/aromatic N) is 2. The lowest BCUT2D eigenvalue weighted by Gasteiger charge is -2.10. The van der Waals surface area contributed by atoms with E-state index in [0.29, 0.717) is 15.8 Å². The lowest BCUT2D eigenvalue weighted by molar-refractivity contribution is -0.137. The van der Waals surface area contributed by atoms with Crippen LogP contribution in [0.1, 0.15) is 26.5 Å². The van der Waals surface area contributed by atoms with Crippen LogP contribution in [0.4, 0.5) is 13.2 Å². The summed E-state index contributed by atoms with van der Waals surface area (Å²) in [5.74, 6) is -0.286. The average Bonchev–Trinajstić information content (AvgIpc) is 3.26. The van der Waals surface area contributed by atoms with E-state index in [1.165, 1.54) is 31.4 Å². The van der Waals surface area contributed by atoms with Gasteiger partial charge in [0, 0.05) is 0 Å². The molecule has 1 aromatic heterocycles. The molecule has 0 radical (unpaired) electrons. The summed E-state index contributed by atoms with van der Waals surface area (Å²) < 4.78 is 50.1. The Kier molecular flexibility index (Phi) is 6.78. The van der Waals surface area contributed by atoms with E-state index >= 15 is 0 Å². The summed E-state index contributed by atoms with van der Waals surface area (Å²) in [6.45, 7) is 0. The van der Waals surface area contributed by atoms with Crippen molar-refractivity contribution in [3.8, 4) is 17.6 Å². The van der Waals surface area contributed by atoms with Gasteiger partial charge < -0.3 is 9.47 Å². The van der Waals surface area contributed by atoms with E-state index in [-0.39, 0.29) is 32.7 Å². The summed E-state index contributed by atoms with van der Waals surface area (Å²) in [6.07, 6.45) is -2.95. The predicted octanol–water partition coefficient (Wildman–Crippen LogP) is 7.26. The van der Waals surface area contributed by atoms with Gasteiger partial charge in [0.25, 0.3) is 0 Å². The number of hydrogen-bond acceptors (Lipinski definition) is 6. The number of thiazole rings is 1. The molecule has 1 heterocycles. The van der Waals surface area contributed by atoms with Crippen LogP contribution < -0.4 is 9.47 Å². The highest BCUT2D eigenvalue weighted by Crippen LogP contribution is 2.36. The topological polar surface area (TPSA) is 72.2 Å². The molecule has 3 aromatic carbocycles. The molecule has 0 spiro atoms. The Morgan fingerprint density at radius 1 is 1.11 bits per heavy atom. The summed E-state index contributed by atoms with van der Waals surface area (Å²) in [5, 5.41) is 10.2. The van der Waals surface area contributed by atoms with Crippen molar-refractivity contribution in [3.05, 3.63) is 87.4 Å². The summed E-state index contributed by atoms with van der Waals surface area (Å²) in [5.41, 5.74) is 0.457. The molecule has 0 atom stereocenters. The van der Waals surface area contributed by atoms with Crippen molar-refractivity contribution >= 4 is 50.8 Å². The number of fused-ring (bicyclic) bond motifs is 1. The number of allylic oxidation sites excluding steroid dienone is 1. The summed E-state index contributed by atoms with van der Waals surface area (Å²) in [6, 6.07) is 16.4. The molecule has 0 unspecified atom stereocenters. The zero-order chi connectivity index (χ0) is 25.2. The number of rotatable bonds is 5. The first kappa shape index (κ1) is 24.3. The fraction of sp³-hybridized carbons (Fsp3) is 0.0800. The second kappa shape index (κ2) is 9.78. The first-order chi connectivity index (χ1) is 16.7. The second-order valence-corrected chi connectivity index (χ2v) is 8.59. The molecular weight excluding hydrogens is 501 g/mol. The van der Waals surface area contributed by atoms with Gasteiger partial charge in [0.2, 0.25) is 0 Å². The standard InChI is InChI=1S/C25H14ClF3N2O3S/c1-33-21-11-14(6-9-20(21)34-24(32)17-4-2-3-5-18(17)26)10-15(13-30)23-31-19-8-7-16(25(27,28)29)12-22(19)35-23/h2-12H,1H3. The summed E-state index contributed by atoms with van der Waals surface area (Å²) in [7, 11) is 1.40. The van der Waals surface area contributed by atoms with Gasteiger partial charge in [-0.25, -0.2) is 9.78 Å². The number of esters is 1. The Bertz CT molecular complexity index is 1510. The number of nitriles is 1. The van der Waals surface area contributed by atoms with Crippen molar-refractivity contribution in [2.45, 2.75) is 6.18 Å². The molecule has 0 aliphatic heterocycles. The van der Waals surface area contributed by atoms with Crippen molar-refractivity contribution in [1.82, 2.24) is 4.98 Å². The molecule has 0 saturated carbocycles. The van der Waals surface area contributed by atoms with Crippen molar-refractivity contribution < 1.29 is 27.4 Å². The highest BCUT2D eigenvalue weighted by Gasteiger charge is 2.30. The number of carbonyl (C=O) groups excluding carboxylic acids is 1. The van der Waals surface area contributed by atoms with E-state index in [9.17, 15) is 23.2 Å². The Balaban J connectivity index is 1.63. The van der Waals surface area contributed by atoms with Crippen molar-refractivity contribution in [2.24, 2.45) is 0 Å². The molecule has 0 aliphatic rings. The number of alkyl halides is 3. The van der Waals surface area contributed by atoms with Crippen LogP contribution in [0.25, 0.3) is 21.9 Å². The van der Waals surface area contributed by atoms with Crippen LogP contribution in [0.15, 0.2) is 60.7 Å². The zero-order valence-electron chi connectivity index (χ0n) is 17.9. The van der Waals surface area contributed by atoms with Crippen molar-refractivity contribution in [1.29, 1.82) is 5.26 Å². The molecule has 176 valence electrons. The lowest BCUT2D eigenvalue weighted by atomic mass is 10.1. The van der Waals surface area contributed by atoms with Crippen molar-refractivity contribution in [2.75, 3.05) is 7.11 Å². The number of methoxy groups -OCH3 is 1. The SMILES string of the molecule is COc1cc(C=C(C#N)c2nc3ccc(C(F)(F)F)cc3s2)ccc1OC(=O)c1ccccc1Cl. The number of hydrogen-bond donors (Lipinski definition) is 0. The third-order valence-electron chi connectivity index (χ3n) is 4.86. The molecule has 5 nitrogen and oxygen atoms in total. The summed E-state index contributed by atoms with van der Waals surface area (Å²) >= 11 is 7.03. The highest BCUT2D eigenvalue weighted by molar-refractivity contribution is 7.19. The van der Waals surface area contributed by atoms with Crippen molar-refractivity contribution in [3.63, 3.8) is 0 Å². The monoisotopic (exact) mass is 514 g/mol. The van der Waals surface area contributed by atoms with Crippen LogP contribution in [-0.2, 0) is 6.18 Å². The number of aromatic nitrogens is 1. The van der Waals surface area contributed by atoms with Gasteiger partial charge in [0.15, 0.2) is 11.5 Å². The van der Waals surface area contributed by atoms with Crippen LogP contribution in [0, 0.1) is 11.3 Å². The fourth-order valence-electron chi connectivity index (χ4n) is 3.16. The van der Waals surface area contributed by atoms with E-state index in [1.807, 2.05) is 6.07 Å². The number of benzene rings is 3. The maximum atomic E-state index is 13.0. The van der Waals surface area contributed by atoms with Gasteiger partial charge in [0.1, 0.15) is 11.1 Å². The van der Waals surface area contributed by atoms with E-state index < -0.39 is 17.7 Å². The molecule has 0 amide bonds. The smallest absolute Gasteiger partial charge is 0.416 e. The lowest BCUT2D eigenvalue weighted by Crippen LogP contribution is -2.09. The third-order valence-corrected chi connectivity index (χ3v) is 6.24. The highest BCUT2D eigenvalue weighted by atomic mass is 35.5. The molecule has 10 heteroatoms.